The van der Waals surface area contributed by atoms with Crippen molar-refractivity contribution in [2.75, 3.05) is 13.7 Å². The average Bonchev–Trinajstić information content (AvgIpc) is 2.57. The van der Waals surface area contributed by atoms with E-state index in [2.05, 4.69) is 22.9 Å². The van der Waals surface area contributed by atoms with Crippen molar-refractivity contribution in [1.82, 2.24) is 0 Å². The third-order valence-electron chi connectivity index (χ3n) is 3.17. The molecule has 0 saturated carbocycles. The first kappa shape index (κ1) is 17.9. The Morgan fingerprint density at radius 1 is 1.17 bits per heavy atom. The van der Waals surface area contributed by atoms with E-state index in [-0.39, 0.29) is 5.97 Å². The Balaban J connectivity index is 2.11. The second-order valence-corrected chi connectivity index (χ2v) is 6.94. The summed E-state index contributed by atoms with van der Waals surface area (Å²) in [6.07, 6.45) is 2.17. The summed E-state index contributed by atoms with van der Waals surface area (Å²) < 4.78 is 11.4. The van der Waals surface area contributed by atoms with Crippen LogP contribution in [-0.2, 0) is 4.74 Å². The number of hydrogen-bond acceptors (Lipinski definition) is 4. The fourth-order valence-corrected chi connectivity index (χ4v) is 3.20. The lowest BCUT2D eigenvalue weighted by atomic mass is 10.2. The van der Waals surface area contributed by atoms with Gasteiger partial charge >= 0.3 is 5.97 Å². The normalized spacial score (nSPS) is 10.4. The minimum absolute atomic E-state index is 0.340. The van der Waals surface area contributed by atoms with Gasteiger partial charge in [-0.15, -0.1) is 0 Å². The van der Waals surface area contributed by atoms with Crippen LogP contribution in [0, 0.1) is 0 Å². The first-order valence-electron chi connectivity index (χ1n) is 7.42. The van der Waals surface area contributed by atoms with Crippen molar-refractivity contribution in [2.24, 2.45) is 0 Å². The maximum Gasteiger partial charge on any atom is 0.339 e. The maximum atomic E-state index is 11.9. The molecule has 0 atom stereocenters. The van der Waals surface area contributed by atoms with Crippen LogP contribution in [0.25, 0.3) is 0 Å². The van der Waals surface area contributed by atoms with Gasteiger partial charge in [-0.1, -0.05) is 41.0 Å². The molecule has 122 valence electrons. The monoisotopic (exact) mass is 394 g/mol. The smallest absolute Gasteiger partial charge is 0.339 e. The summed E-state index contributed by atoms with van der Waals surface area (Å²) >= 11 is 4.91. The van der Waals surface area contributed by atoms with Crippen LogP contribution in [-0.4, -0.2) is 19.7 Å². The molecule has 0 aliphatic heterocycles. The number of unbranched alkanes of at least 4 members (excludes halogenated alkanes) is 1. The zero-order valence-electron chi connectivity index (χ0n) is 13.2. The minimum atomic E-state index is -0.340. The van der Waals surface area contributed by atoms with Crippen LogP contribution >= 0.6 is 27.7 Å². The lowest BCUT2D eigenvalue weighted by molar-refractivity contribution is 0.0596. The number of methoxy groups -OCH3 is 1. The molecule has 2 aromatic carbocycles. The second-order valence-electron chi connectivity index (χ2n) is 4.91. The highest BCUT2D eigenvalue weighted by Gasteiger charge is 2.13. The molecule has 0 fully saturated rings. The molecule has 3 nitrogen and oxygen atoms in total. The molecule has 0 aliphatic carbocycles. The highest BCUT2D eigenvalue weighted by atomic mass is 79.9. The van der Waals surface area contributed by atoms with Crippen molar-refractivity contribution in [3.05, 3.63) is 52.5 Å². The molecule has 0 unspecified atom stereocenters. The molecule has 0 radical (unpaired) electrons. The van der Waals surface area contributed by atoms with Gasteiger partial charge in [0.1, 0.15) is 5.75 Å². The summed E-state index contributed by atoms with van der Waals surface area (Å²) in [7, 11) is 1.39. The average molecular weight is 395 g/mol. The number of benzene rings is 2. The van der Waals surface area contributed by atoms with Gasteiger partial charge in [-0.3, -0.25) is 0 Å². The van der Waals surface area contributed by atoms with Crippen molar-refractivity contribution < 1.29 is 14.3 Å². The number of carbonyl (C=O) groups is 1. The maximum absolute atomic E-state index is 11.9. The van der Waals surface area contributed by atoms with E-state index in [1.165, 1.54) is 18.9 Å². The van der Waals surface area contributed by atoms with Crippen molar-refractivity contribution >= 4 is 33.7 Å². The first-order chi connectivity index (χ1) is 11.1. The van der Waals surface area contributed by atoms with Gasteiger partial charge in [0.05, 0.1) is 19.3 Å². The highest BCUT2D eigenvalue weighted by molar-refractivity contribution is 9.10. The Morgan fingerprint density at radius 2 is 1.91 bits per heavy atom. The lowest BCUT2D eigenvalue weighted by Crippen LogP contribution is -2.03. The van der Waals surface area contributed by atoms with E-state index in [1.54, 1.807) is 6.07 Å². The van der Waals surface area contributed by atoms with Crippen LogP contribution in [0.5, 0.6) is 5.75 Å². The summed E-state index contributed by atoms with van der Waals surface area (Å²) in [4.78, 5) is 13.8. The van der Waals surface area contributed by atoms with Gasteiger partial charge < -0.3 is 9.47 Å². The lowest BCUT2D eigenvalue weighted by Gasteiger charge is -2.09. The van der Waals surface area contributed by atoms with E-state index in [0.717, 1.165) is 39.5 Å². The molecule has 0 amide bonds. The van der Waals surface area contributed by atoms with E-state index >= 15 is 0 Å². The predicted molar refractivity (Wildman–Crippen MR) is 96.4 cm³/mol. The highest BCUT2D eigenvalue weighted by Crippen LogP contribution is 2.33. The van der Waals surface area contributed by atoms with Crippen molar-refractivity contribution in [1.29, 1.82) is 0 Å². The Labute approximate surface area is 149 Å². The van der Waals surface area contributed by atoms with Gasteiger partial charge in [0, 0.05) is 14.3 Å². The fraction of sp³-hybridized carbons (Fsp3) is 0.278. The number of ether oxygens (including phenoxy) is 2. The number of esters is 1. The van der Waals surface area contributed by atoms with Gasteiger partial charge in [0.2, 0.25) is 0 Å². The Bertz CT molecular complexity index is 656. The van der Waals surface area contributed by atoms with Crippen LogP contribution < -0.4 is 4.74 Å². The quantitative estimate of drug-likeness (QED) is 0.454. The first-order valence-corrected chi connectivity index (χ1v) is 9.03. The summed E-state index contributed by atoms with van der Waals surface area (Å²) in [5.74, 6) is 0.528. The van der Waals surface area contributed by atoms with Crippen molar-refractivity contribution in [3.8, 4) is 5.75 Å². The molecule has 23 heavy (non-hydrogen) atoms. The van der Waals surface area contributed by atoms with E-state index in [4.69, 9.17) is 9.47 Å². The summed E-state index contributed by atoms with van der Waals surface area (Å²) in [6.45, 7) is 2.88. The molecule has 0 heterocycles. The van der Waals surface area contributed by atoms with Crippen molar-refractivity contribution in [3.63, 3.8) is 0 Å². The molecule has 0 bridgehead atoms. The number of hydrogen-bond donors (Lipinski definition) is 0. The van der Waals surface area contributed by atoms with Gasteiger partial charge in [-0.05, 0) is 48.9 Å². The number of rotatable bonds is 7. The third kappa shape index (κ3) is 5.29. The van der Waals surface area contributed by atoms with Crippen LogP contribution in [0.2, 0.25) is 0 Å². The molecular weight excluding hydrogens is 376 g/mol. The molecule has 0 saturated heterocycles. The SMILES string of the molecule is CCCCOc1ccc(Sc2ccc(Br)cc2C(=O)OC)cc1. The van der Waals surface area contributed by atoms with Gasteiger partial charge in [0.15, 0.2) is 0 Å². The topological polar surface area (TPSA) is 35.5 Å². The van der Waals surface area contributed by atoms with E-state index in [1.807, 2.05) is 36.4 Å². The minimum Gasteiger partial charge on any atom is -0.494 e. The van der Waals surface area contributed by atoms with Crippen LogP contribution in [0.15, 0.2) is 56.7 Å². The molecule has 0 aliphatic rings. The summed E-state index contributed by atoms with van der Waals surface area (Å²) in [5.41, 5.74) is 0.551. The van der Waals surface area contributed by atoms with Gasteiger partial charge in [-0.2, -0.15) is 0 Å². The van der Waals surface area contributed by atoms with E-state index in [9.17, 15) is 4.79 Å². The Morgan fingerprint density at radius 3 is 2.57 bits per heavy atom. The molecular formula is C18H19BrO3S. The van der Waals surface area contributed by atoms with Gasteiger partial charge in [-0.25, -0.2) is 4.79 Å². The number of halogens is 1. The molecule has 0 N–H and O–H groups in total. The third-order valence-corrected chi connectivity index (χ3v) is 4.74. The summed E-state index contributed by atoms with van der Waals surface area (Å²) in [6, 6.07) is 13.5. The van der Waals surface area contributed by atoms with Crippen molar-refractivity contribution in [2.45, 2.75) is 29.6 Å². The standard InChI is InChI=1S/C18H19BrO3S/c1-3-4-11-22-14-6-8-15(9-7-14)23-17-10-5-13(19)12-16(17)18(20)21-2/h5-10,12H,3-4,11H2,1-2H3. The van der Waals surface area contributed by atoms with Crippen LogP contribution in [0.1, 0.15) is 30.1 Å². The zero-order chi connectivity index (χ0) is 16.7. The zero-order valence-corrected chi connectivity index (χ0v) is 15.6. The fourth-order valence-electron chi connectivity index (χ4n) is 1.93. The molecule has 0 aromatic heterocycles. The molecule has 2 aromatic rings. The predicted octanol–water partition coefficient (Wildman–Crippen LogP) is 5.57. The van der Waals surface area contributed by atoms with E-state index < -0.39 is 0 Å². The Kier molecular flexibility index (Phi) is 6.99. The molecule has 2 rings (SSSR count). The molecule has 5 heteroatoms. The Hall–Kier alpha value is -1.46. The summed E-state index contributed by atoms with van der Waals surface area (Å²) in [5, 5.41) is 0. The van der Waals surface area contributed by atoms with Gasteiger partial charge in [0.25, 0.3) is 0 Å². The van der Waals surface area contributed by atoms with Crippen LogP contribution in [0.3, 0.4) is 0 Å². The largest absolute Gasteiger partial charge is 0.494 e. The van der Waals surface area contributed by atoms with Crippen LogP contribution in [0.4, 0.5) is 0 Å². The second kappa shape index (κ2) is 8.99. The van der Waals surface area contributed by atoms with E-state index in [0.29, 0.717) is 5.56 Å². The number of carbonyl (C=O) groups excluding carboxylic acids is 1. The molecule has 0 spiro atoms.